The van der Waals surface area contributed by atoms with E-state index in [9.17, 15) is 4.79 Å². The summed E-state index contributed by atoms with van der Waals surface area (Å²) in [5, 5.41) is 11.7. The van der Waals surface area contributed by atoms with Gasteiger partial charge < -0.3 is 19.4 Å². The lowest BCUT2D eigenvalue weighted by molar-refractivity contribution is -0.113. The van der Waals surface area contributed by atoms with Crippen LogP contribution in [0.4, 0.5) is 0 Å². The molecule has 5 nitrogen and oxygen atoms in total. The van der Waals surface area contributed by atoms with Crippen LogP contribution < -0.4 is 5.32 Å². The normalized spacial score (nSPS) is 12.1. The van der Waals surface area contributed by atoms with Crippen molar-refractivity contribution in [1.29, 1.82) is 5.41 Å². The van der Waals surface area contributed by atoms with Gasteiger partial charge in [-0.2, -0.15) is 0 Å². The van der Waals surface area contributed by atoms with Gasteiger partial charge >= 0.3 is 0 Å². The van der Waals surface area contributed by atoms with Crippen molar-refractivity contribution in [1.82, 2.24) is 9.88 Å². The van der Waals surface area contributed by atoms with Gasteiger partial charge in [0, 0.05) is 29.7 Å². The molecule has 0 aliphatic heterocycles. The summed E-state index contributed by atoms with van der Waals surface area (Å²) in [5.41, 5.74) is 3.10. The molecule has 0 saturated carbocycles. The third kappa shape index (κ3) is 5.66. The molecule has 0 unspecified atom stereocenters. The first-order chi connectivity index (χ1) is 12.8. The van der Waals surface area contributed by atoms with Crippen LogP contribution in [-0.4, -0.2) is 29.8 Å². The van der Waals surface area contributed by atoms with E-state index in [1.54, 1.807) is 6.08 Å². The van der Waals surface area contributed by atoms with Gasteiger partial charge in [0.05, 0.1) is 18.6 Å². The van der Waals surface area contributed by atoms with Crippen LogP contribution in [0.5, 0.6) is 0 Å². The zero-order valence-corrected chi connectivity index (χ0v) is 16.6. The van der Waals surface area contributed by atoms with E-state index < -0.39 is 5.41 Å². The topological polar surface area (TPSA) is 67.1 Å². The molecule has 144 valence electrons. The van der Waals surface area contributed by atoms with Crippen LogP contribution in [0, 0.1) is 24.7 Å². The summed E-state index contributed by atoms with van der Waals surface area (Å²) < 4.78 is 7.55. The molecule has 0 amide bonds. The molecule has 5 heteroatoms. The lowest BCUT2D eigenvalue weighted by Crippen LogP contribution is -2.32. The monoisotopic (exact) mass is 367 g/mol. The van der Waals surface area contributed by atoms with Crippen LogP contribution in [0.2, 0.25) is 0 Å². The highest BCUT2D eigenvalue weighted by Gasteiger charge is 2.23. The molecule has 1 aromatic heterocycles. The number of rotatable bonds is 9. The van der Waals surface area contributed by atoms with Gasteiger partial charge in [-0.15, -0.1) is 0 Å². The van der Waals surface area contributed by atoms with E-state index in [0.29, 0.717) is 31.3 Å². The fourth-order valence-electron chi connectivity index (χ4n) is 2.80. The molecule has 2 aromatic rings. The summed E-state index contributed by atoms with van der Waals surface area (Å²) in [7, 11) is 0. The van der Waals surface area contributed by atoms with Gasteiger partial charge in [0.1, 0.15) is 12.1 Å². The predicted octanol–water partition coefficient (Wildman–Crippen LogP) is 3.85. The van der Waals surface area contributed by atoms with E-state index in [2.05, 4.69) is 5.32 Å². The first kappa shape index (κ1) is 20.6. The van der Waals surface area contributed by atoms with Crippen LogP contribution in [0.1, 0.15) is 30.8 Å². The molecule has 0 atom stereocenters. The number of nitrogens with one attached hydrogen (secondary N) is 2. The summed E-state index contributed by atoms with van der Waals surface area (Å²) in [6, 6.07) is 14.0. The third-order valence-electron chi connectivity index (χ3n) is 4.46. The number of allylic oxidation sites excluding steroid dienone is 2. The molecular formula is C22H29N3O2. The fourth-order valence-corrected chi connectivity index (χ4v) is 2.80. The average molecular weight is 367 g/mol. The maximum absolute atomic E-state index is 11.6. The van der Waals surface area contributed by atoms with Crippen molar-refractivity contribution in [2.75, 3.05) is 13.2 Å². The molecule has 0 aliphatic rings. The number of hydrogen-bond acceptors (Lipinski definition) is 4. The first-order valence-corrected chi connectivity index (χ1v) is 9.13. The SMILES string of the molecule is Cc1ccc(C)n1C(=N)/C=C(\NCCOCc1ccccc1)C(C)(C)C=O. The molecule has 0 spiro atoms. The van der Waals surface area contributed by atoms with E-state index in [-0.39, 0.29) is 0 Å². The molecular weight excluding hydrogens is 338 g/mol. The minimum absolute atomic E-state index is 0.331. The van der Waals surface area contributed by atoms with Gasteiger partial charge in [-0.05, 0) is 45.4 Å². The van der Waals surface area contributed by atoms with Crippen molar-refractivity contribution >= 4 is 12.1 Å². The molecule has 0 saturated heterocycles. The van der Waals surface area contributed by atoms with Crippen molar-refractivity contribution in [2.45, 2.75) is 34.3 Å². The number of ether oxygens (including phenoxy) is 1. The predicted molar refractivity (Wildman–Crippen MR) is 109 cm³/mol. The minimum atomic E-state index is -0.708. The number of aryl methyl sites for hydroxylation is 2. The first-order valence-electron chi connectivity index (χ1n) is 9.13. The number of nitrogens with zero attached hydrogens (tertiary/aromatic N) is 1. The number of hydrogen-bond donors (Lipinski definition) is 2. The summed E-state index contributed by atoms with van der Waals surface area (Å²) in [5.74, 6) is 0.331. The summed E-state index contributed by atoms with van der Waals surface area (Å²) >= 11 is 0. The molecule has 0 aliphatic carbocycles. The van der Waals surface area contributed by atoms with E-state index in [4.69, 9.17) is 10.1 Å². The molecule has 0 radical (unpaired) electrons. The lowest BCUT2D eigenvalue weighted by atomic mass is 9.90. The van der Waals surface area contributed by atoms with Crippen molar-refractivity contribution in [3.8, 4) is 0 Å². The second-order valence-corrected chi connectivity index (χ2v) is 7.20. The Morgan fingerprint density at radius 2 is 1.78 bits per heavy atom. The zero-order valence-electron chi connectivity index (χ0n) is 16.6. The van der Waals surface area contributed by atoms with Crippen LogP contribution in [0.15, 0.2) is 54.2 Å². The van der Waals surface area contributed by atoms with Crippen LogP contribution >= 0.6 is 0 Å². The quantitative estimate of drug-likeness (QED) is 0.306. The van der Waals surface area contributed by atoms with Gasteiger partial charge in [-0.1, -0.05) is 30.3 Å². The van der Waals surface area contributed by atoms with Gasteiger partial charge in [0.2, 0.25) is 0 Å². The maximum Gasteiger partial charge on any atom is 0.131 e. The Labute approximate surface area is 161 Å². The van der Waals surface area contributed by atoms with Crippen molar-refractivity contribution in [3.63, 3.8) is 0 Å². The second-order valence-electron chi connectivity index (χ2n) is 7.20. The highest BCUT2D eigenvalue weighted by Crippen LogP contribution is 2.21. The minimum Gasteiger partial charge on any atom is -0.385 e. The largest absolute Gasteiger partial charge is 0.385 e. The number of carbonyl (C=O) groups excluding carboxylic acids is 1. The van der Waals surface area contributed by atoms with E-state index in [1.165, 1.54) is 0 Å². The standard InChI is InChI=1S/C22H29N3O2/c1-17-10-11-18(2)25(17)21(23)14-20(22(3,4)16-26)24-12-13-27-15-19-8-6-5-7-9-19/h5-11,14,16,23-24H,12-13,15H2,1-4H3/b20-14-,23-21?. The smallest absolute Gasteiger partial charge is 0.131 e. The Bertz CT molecular complexity index is 785. The Morgan fingerprint density at radius 3 is 2.37 bits per heavy atom. The molecule has 0 bridgehead atoms. The summed E-state index contributed by atoms with van der Waals surface area (Å²) in [4.78, 5) is 11.6. The Balaban J connectivity index is 2.00. The van der Waals surface area contributed by atoms with Crippen LogP contribution in [0.25, 0.3) is 0 Å². The number of benzene rings is 1. The summed E-state index contributed by atoms with van der Waals surface area (Å²) in [6.45, 7) is 9.23. The Hall–Kier alpha value is -2.66. The van der Waals surface area contributed by atoms with E-state index in [0.717, 1.165) is 23.2 Å². The highest BCUT2D eigenvalue weighted by molar-refractivity contribution is 5.94. The number of aldehydes is 1. The van der Waals surface area contributed by atoms with Gasteiger partial charge in [0.15, 0.2) is 0 Å². The number of carbonyl (C=O) groups is 1. The Morgan fingerprint density at radius 1 is 1.15 bits per heavy atom. The molecule has 1 heterocycles. The van der Waals surface area contributed by atoms with Crippen molar-refractivity contribution < 1.29 is 9.53 Å². The Kier molecular flexibility index (Phi) is 7.13. The molecule has 2 N–H and O–H groups in total. The van der Waals surface area contributed by atoms with Gasteiger partial charge in [-0.25, -0.2) is 0 Å². The lowest BCUT2D eigenvalue weighted by Gasteiger charge is -2.24. The molecule has 1 aromatic carbocycles. The van der Waals surface area contributed by atoms with Crippen molar-refractivity contribution in [3.05, 3.63) is 71.2 Å². The maximum atomic E-state index is 11.6. The molecule has 27 heavy (non-hydrogen) atoms. The van der Waals surface area contributed by atoms with Crippen LogP contribution in [0.3, 0.4) is 0 Å². The van der Waals surface area contributed by atoms with Crippen LogP contribution in [-0.2, 0) is 16.1 Å². The van der Waals surface area contributed by atoms with E-state index >= 15 is 0 Å². The van der Waals surface area contributed by atoms with Gasteiger partial charge in [-0.3, -0.25) is 5.41 Å². The third-order valence-corrected chi connectivity index (χ3v) is 4.46. The summed E-state index contributed by atoms with van der Waals surface area (Å²) in [6.07, 6.45) is 2.63. The molecule has 2 rings (SSSR count). The number of aromatic nitrogens is 1. The van der Waals surface area contributed by atoms with Crippen molar-refractivity contribution in [2.24, 2.45) is 5.41 Å². The fraction of sp³-hybridized carbons (Fsp3) is 0.364. The second kappa shape index (κ2) is 9.33. The average Bonchev–Trinajstić information content (AvgIpc) is 2.99. The zero-order chi connectivity index (χ0) is 19.9. The van der Waals surface area contributed by atoms with E-state index in [1.807, 2.05) is 74.7 Å². The molecule has 0 fully saturated rings. The van der Waals surface area contributed by atoms with Gasteiger partial charge in [0.25, 0.3) is 0 Å². The highest BCUT2D eigenvalue weighted by atomic mass is 16.5.